The minimum Gasteiger partial charge on any atom is -0.304 e. The number of aromatic nitrogens is 2. The third-order valence-electron chi connectivity index (χ3n) is 5.60. The van der Waals surface area contributed by atoms with Gasteiger partial charge in [-0.05, 0) is 56.5 Å². The Hall–Kier alpha value is -3.73. The van der Waals surface area contributed by atoms with Gasteiger partial charge < -0.3 is 4.90 Å². The Kier molecular flexibility index (Phi) is 5.91. The standard InChI is InChI=1S/C27H27N3O2/c1-18(2)30(24-16-19(3)14-15-20(24)4)27(32)25-22-12-8-9-13-23(22)26(31)29(28-25)17-21-10-6-5-7-11-21/h5-16,18H,17H2,1-4H3. The molecule has 4 rings (SSSR count). The molecule has 0 bridgehead atoms. The largest absolute Gasteiger partial charge is 0.304 e. The zero-order valence-electron chi connectivity index (χ0n) is 18.9. The highest BCUT2D eigenvalue weighted by Crippen LogP contribution is 2.27. The van der Waals surface area contributed by atoms with E-state index < -0.39 is 0 Å². The molecule has 0 aliphatic carbocycles. The van der Waals surface area contributed by atoms with Crippen LogP contribution in [0.5, 0.6) is 0 Å². The van der Waals surface area contributed by atoms with Crippen molar-refractivity contribution >= 4 is 22.4 Å². The number of nitrogens with zero attached hydrogens (tertiary/aromatic N) is 3. The average Bonchev–Trinajstić information content (AvgIpc) is 2.78. The molecule has 1 heterocycles. The van der Waals surface area contributed by atoms with E-state index in [0.717, 1.165) is 22.4 Å². The second-order valence-electron chi connectivity index (χ2n) is 8.40. The molecule has 0 atom stereocenters. The van der Waals surface area contributed by atoms with E-state index in [1.165, 1.54) is 4.68 Å². The van der Waals surface area contributed by atoms with Gasteiger partial charge in [0.15, 0.2) is 5.69 Å². The predicted octanol–water partition coefficient (Wildman–Crippen LogP) is 5.12. The zero-order valence-corrected chi connectivity index (χ0v) is 18.9. The molecule has 0 unspecified atom stereocenters. The Morgan fingerprint density at radius 3 is 2.28 bits per heavy atom. The molecule has 0 saturated heterocycles. The number of anilines is 1. The van der Waals surface area contributed by atoms with Gasteiger partial charge in [-0.25, -0.2) is 4.68 Å². The van der Waals surface area contributed by atoms with E-state index in [0.29, 0.717) is 17.3 Å². The van der Waals surface area contributed by atoms with Crippen molar-refractivity contribution in [3.05, 3.63) is 106 Å². The minimum absolute atomic E-state index is 0.0851. The molecule has 4 aromatic rings. The number of benzene rings is 3. The van der Waals surface area contributed by atoms with E-state index in [-0.39, 0.29) is 23.2 Å². The van der Waals surface area contributed by atoms with Crippen molar-refractivity contribution in [2.75, 3.05) is 4.90 Å². The van der Waals surface area contributed by atoms with Crippen LogP contribution in [0.2, 0.25) is 0 Å². The number of hydrogen-bond donors (Lipinski definition) is 0. The molecule has 1 amide bonds. The topological polar surface area (TPSA) is 55.2 Å². The first-order chi connectivity index (χ1) is 15.4. The van der Waals surface area contributed by atoms with Crippen LogP contribution in [-0.2, 0) is 6.54 Å². The molecule has 0 fully saturated rings. The van der Waals surface area contributed by atoms with Crippen molar-refractivity contribution in [3.8, 4) is 0 Å². The molecular weight excluding hydrogens is 398 g/mol. The maximum atomic E-state index is 13.9. The number of rotatable bonds is 5. The summed E-state index contributed by atoms with van der Waals surface area (Å²) in [6.45, 7) is 8.29. The third kappa shape index (κ3) is 4.06. The Morgan fingerprint density at radius 1 is 0.938 bits per heavy atom. The van der Waals surface area contributed by atoms with Crippen LogP contribution in [0.25, 0.3) is 10.8 Å². The van der Waals surface area contributed by atoms with Crippen LogP contribution in [-0.4, -0.2) is 21.7 Å². The molecule has 1 aromatic heterocycles. The van der Waals surface area contributed by atoms with Crippen molar-refractivity contribution in [1.29, 1.82) is 0 Å². The SMILES string of the molecule is Cc1ccc(C)c(N(C(=O)c2nn(Cc3ccccc3)c(=O)c3ccccc23)C(C)C)c1. The molecule has 0 N–H and O–H groups in total. The molecule has 32 heavy (non-hydrogen) atoms. The van der Waals surface area contributed by atoms with Gasteiger partial charge in [0, 0.05) is 17.1 Å². The summed E-state index contributed by atoms with van der Waals surface area (Å²) in [7, 11) is 0. The smallest absolute Gasteiger partial charge is 0.279 e. The highest BCUT2D eigenvalue weighted by Gasteiger charge is 2.26. The molecule has 0 aliphatic rings. The van der Waals surface area contributed by atoms with Crippen molar-refractivity contribution in [2.24, 2.45) is 0 Å². The molecule has 0 aliphatic heterocycles. The number of carbonyl (C=O) groups is 1. The average molecular weight is 426 g/mol. The fourth-order valence-corrected chi connectivity index (χ4v) is 3.97. The lowest BCUT2D eigenvalue weighted by Gasteiger charge is -2.29. The highest BCUT2D eigenvalue weighted by molar-refractivity contribution is 6.12. The molecule has 5 heteroatoms. The number of aryl methyl sites for hydroxylation is 2. The van der Waals surface area contributed by atoms with Gasteiger partial charge in [-0.1, -0.05) is 60.7 Å². The molecular formula is C27H27N3O2. The van der Waals surface area contributed by atoms with Gasteiger partial charge in [0.25, 0.3) is 11.5 Å². The fraction of sp³-hybridized carbons (Fsp3) is 0.222. The van der Waals surface area contributed by atoms with Gasteiger partial charge in [0.1, 0.15) is 0 Å². The normalized spacial score (nSPS) is 11.2. The molecule has 0 spiro atoms. The van der Waals surface area contributed by atoms with Gasteiger partial charge in [-0.15, -0.1) is 0 Å². The summed E-state index contributed by atoms with van der Waals surface area (Å²) in [6, 6.07) is 22.9. The first kappa shape index (κ1) is 21.5. The Bertz CT molecular complexity index is 1340. The van der Waals surface area contributed by atoms with Gasteiger partial charge in [0.05, 0.1) is 11.9 Å². The van der Waals surface area contributed by atoms with Gasteiger partial charge in [-0.3, -0.25) is 9.59 Å². The number of carbonyl (C=O) groups excluding carboxylic acids is 1. The Morgan fingerprint density at radius 2 is 1.59 bits per heavy atom. The number of amides is 1. The zero-order chi connectivity index (χ0) is 22.8. The summed E-state index contributed by atoms with van der Waals surface area (Å²) in [4.78, 5) is 28.9. The first-order valence-corrected chi connectivity index (χ1v) is 10.8. The molecule has 3 aromatic carbocycles. The maximum Gasteiger partial charge on any atom is 0.279 e. The summed E-state index contributed by atoms with van der Waals surface area (Å²) in [5.41, 5.74) is 3.98. The quantitative estimate of drug-likeness (QED) is 0.446. The second kappa shape index (κ2) is 8.79. The van der Waals surface area contributed by atoms with Crippen LogP contribution in [0, 0.1) is 13.8 Å². The van der Waals surface area contributed by atoms with Crippen LogP contribution in [0.15, 0.2) is 77.6 Å². The molecule has 5 nitrogen and oxygen atoms in total. The Balaban J connectivity index is 1.90. The summed E-state index contributed by atoms with van der Waals surface area (Å²) in [5.74, 6) is -0.216. The summed E-state index contributed by atoms with van der Waals surface area (Å²) < 4.78 is 1.40. The van der Waals surface area contributed by atoms with Crippen molar-refractivity contribution in [1.82, 2.24) is 9.78 Å². The molecule has 162 valence electrons. The lowest BCUT2D eigenvalue weighted by atomic mass is 10.1. The summed E-state index contributed by atoms with van der Waals surface area (Å²) >= 11 is 0. The van der Waals surface area contributed by atoms with Crippen molar-refractivity contribution in [3.63, 3.8) is 0 Å². The summed E-state index contributed by atoms with van der Waals surface area (Å²) in [5, 5.41) is 5.65. The van der Waals surface area contributed by atoms with Gasteiger partial charge in [0.2, 0.25) is 0 Å². The van der Waals surface area contributed by atoms with E-state index in [4.69, 9.17) is 0 Å². The van der Waals surface area contributed by atoms with Crippen molar-refractivity contribution < 1.29 is 4.79 Å². The monoisotopic (exact) mass is 425 g/mol. The molecule has 0 radical (unpaired) electrons. The highest BCUT2D eigenvalue weighted by atomic mass is 16.2. The maximum absolute atomic E-state index is 13.9. The summed E-state index contributed by atoms with van der Waals surface area (Å²) in [6.07, 6.45) is 0. The minimum atomic E-state index is -0.216. The lowest BCUT2D eigenvalue weighted by Crippen LogP contribution is -2.39. The lowest BCUT2D eigenvalue weighted by molar-refractivity contribution is 0.0975. The van der Waals surface area contributed by atoms with Gasteiger partial charge in [-0.2, -0.15) is 5.10 Å². The van der Waals surface area contributed by atoms with Crippen molar-refractivity contribution in [2.45, 2.75) is 40.3 Å². The van der Waals surface area contributed by atoms with Crippen LogP contribution in [0.3, 0.4) is 0 Å². The van der Waals surface area contributed by atoms with E-state index in [2.05, 4.69) is 5.10 Å². The molecule has 0 saturated carbocycles. The van der Waals surface area contributed by atoms with E-state index in [1.807, 2.05) is 88.4 Å². The van der Waals surface area contributed by atoms with Crippen LogP contribution >= 0.6 is 0 Å². The van der Waals surface area contributed by atoms with Crippen LogP contribution in [0.4, 0.5) is 5.69 Å². The Labute approximate surface area is 187 Å². The number of hydrogen-bond acceptors (Lipinski definition) is 3. The van der Waals surface area contributed by atoms with E-state index in [1.54, 1.807) is 17.0 Å². The first-order valence-electron chi connectivity index (χ1n) is 10.8. The van der Waals surface area contributed by atoms with Gasteiger partial charge >= 0.3 is 0 Å². The second-order valence-corrected chi connectivity index (χ2v) is 8.40. The predicted molar refractivity (Wildman–Crippen MR) is 129 cm³/mol. The van der Waals surface area contributed by atoms with Crippen LogP contribution in [0.1, 0.15) is 41.0 Å². The fourth-order valence-electron chi connectivity index (χ4n) is 3.97. The van der Waals surface area contributed by atoms with Crippen LogP contribution < -0.4 is 10.5 Å². The van der Waals surface area contributed by atoms with E-state index >= 15 is 0 Å². The van der Waals surface area contributed by atoms with E-state index in [9.17, 15) is 9.59 Å². The third-order valence-corrected chi connectivity index (χ3v) is 5.60. The number of fused-ring (bicyclic) bond motifs is 1.